The van der Waals surface area contributed by atoms with E-state index in [2.05, 4.69) is 100 Å². The van der Waals surface area contributed by atoms with Gasteiger partial charge in [0.15, 0.2) is 6.04 Å². The Kier molecular flexibility index (Phi) is 7.79. The molecule has 204 valence electrons. The molecular formula is C32H37N7O+2. The van der Waals surface area contributed by atoms with Crippen LogP contribution in [0.4, 0.5) is 0 Å². The first-order chi connectivity index (χ1) is 19.7. The molecule has 8 nitrogen and oxygen atoms in total. The van der Waals surface area contributed by atoms with Gasteiger partial charge in [0.2, 0.25) is 5.82 Å². The SMILES string of the molecule is CCc1ccc2[nH]c(=O)c(C(c3nnnn3CCc3ccccc3)[NH+]3CC[NH+](Cc4ccccc4)CC3)cc2c1. The number of aromatic amines is 1. The molecule has 0 bridgehead atoms. The number of aryl methyl sites for hydroxylation is 3. The highest BCUT2D eigenvalue weighted by atomic mass is 16.1. The zero-order chi connectivity index (χ0) is 27.3. The number of pyridine rings is 1. The highest BCUT2D eigenvalue weighted by Gasteiger charge is 2.37. The number of benzene rings is 3. The Bertz CT molecular complexity index is 1610. The monoisotopic (exact) mass is 535 g/mol. The summed E-state index contributed by atoms with van der Waals surface area (Å²) >= 11 is 0. The zero-order valence-corrected chi connectivity index (χ0v) is 23.0. The van der Waals surface area contributed by atoms with Crippen LogP contribution in [-0.2, 0) is 25.9 Å². The minimum Gasteiger partial charge on any atom is -0.322 e. The van der Waals surface area contributed by atoms with Gasteiger partial charge in [0.25, 0.3) is 5.56 Å². The fourth-order valence-electron chi connectivity index (χ4n) is 5.98. The fraction of sp³-hybridized carbons (Fsp3) is 0.312. The van der Waals surface area contributed by atoms with Crippen LogP contribution in [0.3, 0.4) is 0 Å². The Hall–Kier alpha value is -4.14. The number of quaternary nitrogens is 2. The maximum Gasteiger partial charge on any atom is 0.258 e. The molecule has 1 saturated heterocycles. The molecule has 1 atom stereocenters. The molecule has 5 aromatic rings. The van der Waals surface area contributed by atoms with Crippen LogP contribution in [0.2, 0.25) is 0 Å². The van der Waals surface area contributed by atoms with E-state index in [1.807, 2.05) is 16.8 Å². The van der Waals surface area contributed by atoms with Crippen molar-refractivity contribution in [2.75, 3.05) is 26.2 Å². The second kappa shape index (κ2) is 11.9. The third-order valence-electron chi connectivity index (χ3n) is 8.23. The van der Waals surface area contributed by atoms with Crippen LogP contribution in [0.15, 0.2) is 89.7 Å². The molecule has 3 N–H and O–H groups in total. The molecule has 1 unspecified atom stereocenters. The highest BCUT2D eigenvalue weighted by Crippen LogP contribution is 2.20. The van der Waals surface area contributed by atoms with Crippen molar-refractivity contribution < 1.29 is 9.80 Å². The van der Waals surface area contributed by atoms with Crippen LogP contribution in [0.25, 0.3) is 10.9 Å². The van der Waals surface area contributed by atoms with Gasteiger partial charge in [0.1, 0.15) is 32.7 Å². The highest BCUT2D eigenvalue weighted by molar-refractivity contribution is 5.79. The molecule has 1 aliphatic rings. The van der Waals surface area contributed by atoms with Crippen molar-refractivity contribution in [3.8, 4) is 0 Å². The average Bonchev–Trinajstić information content (AvgIpc) is 3.46. The number of tetrazole rings is 1. The number of aromatic nitrogens is 5. The smallest absolute Gasteiger partial charge is 0.258 e. The summed E-state index contributed by atoms with van der Waals surface area (Å²) in [5.74, 6) is 0.758. The van der Waals surface area contributed by atoms with Crippen molar-refractivity contribution in [2.24, 2.45) is 0 Å². The molecular weight excluding hydrogens is 498 g/mol. The Balaban J connectivity index is 1.32. The topological polar surface area (TPSA) is 85.3 Å². The number of nitrogens with one attached hydrogen (secondary N) is 3. The van der Waals surface area contributed by atoms with Gasteiger partial charge in [-0.25, -0.2) is 4.68 Å². The maximum atomic E-state index is 13.6. The van der Waals surface area contributed by atoms with E-state index in [1.54, 1.807) is 4.90 Å². The Morgan fingerprint density at radius 1 is 0.875 bits per heavy atom. The van der Waals surface area contributed by atoms with Gasteiger partial charge in [-0.3, -0.25) is 4.79 Å². The minimum absolute atomic E-state index is 0.0640. The molecule has 0 spiro atoms. The molecule has 0 aliphatic carbocycles. The molecule has 0 saturated carbocycles. The first-order valence-electron chi connectivity index (χ1n) is 14.4. The van der Waals surface area contributed by atoms with Crippen molar-refractivity contribution in [1.82, 2.24) is 25.2 Å². The van der Waals surface area contributed by atoms with Gasteiger partial charge in [0, 0.05) is 17.6 Å². The summed E-state index contributed by atoms with van der Waals surface area (Å²) < 4.78 is 1.90. The average molecular weight is 536 g/mol. The van der Waals surface area contributed by atoms with Crippen LogP contribution in [-0.4, -0.2) is 51.4 Å². The van der Waals surface area contributed by atoms with Crippen molar-refractivity contribution in [2.45, 2.75) is 38.9 Å². The van der Waals surface area contributed by atoms with Gasteiger partial charge in [-0.05, 0) is 58.0 Å². The molecule has 3 aromatic carbocycles. The van der Waals surface area contributed by atoms with Gasteiger partial charge in [-0.2, -0.15) is 0 Å². The molecule has 6 rings (SSSR count). The second-order valence-corrected chi connectivity index (χ2v) is 10.8. The molecule has 1 aliphatic heterocycles. The van der Waals surface area contributed by atoms with Crippen LogP contribution in [0.1, 0.15) is 41.0 Å². The summed E-state index contributed by atoms with van der Waals surface area (Å²) in [6.07, 6.45) is 1.77. The number of hydrogen-bond donors (Lipinski definition) is 3. The van der Waals surface area contributed by atoms with Gasteiger partial charge >= 0.3 is 0 Å². The Morgan fingerprint density at radius 2 is 1.60 bits per heavy atom. The van der Waals surface area contributed by atoms with Crippen molar-refractivity contribution in [3.05, 3.63) is 123 Å². The van der Waals surface area contributed by atoms with Gasteiger partial charge in [0.05, 0.1) is 5.56 Å². The molecule has 2 aromatic heterocycles. The van der Waals surface area contributed by atoms with Crippen LogP contribution < -0.4 is 15.4 Å². The van der Waals surface area contributed by atoms with E-state index in [0.29, 0.717) is 6.54 Å². The van der Waals surface area contributed by atoms with E-state index in [0.717, 1.165) is 67.9 Å². The first kappa shape index (κ1) is 26.1. The lowest BCUT2D eigenvalue weighted by atomic mass is 10.0. The number of fused-ring (bicyclic) bond motifs is 1. The lowest BCUT2D eigenvalue weighted by Crippen LogP contribution is -3.27. The van der Waals surface area contributed by atoms with E-state index in [-0.39, 0.29) is 11.6 Å². The molecule has 40 heavy (non-hydrogen) atoms. The summed E-state index contributed by atoms with van der Waals surface area (Å²) in [5, 5.41) is 14.1. The van der Waals surface area contributed by atoms with E-state index >= 15 is 0 Å². The minimum atomic E-state index is -0.248. The standard InChI is InChI=1S/C32H35N7O/c1-2-24-13-14-29-27(21-24)22-28(32(40)33-29)30(31-34-35-36-39(31)16-15-25-9-5-3-6-10-25)38-19-17-37(18-20-38)23-26-11-7-4-8-12-26/h3-14,21-22,30H,2,15-20,23H2,1H3,(H,33,40)/p+2. The Labute approximate surface area is 234 Å². The predicted octanol–water partition coefficient (Wildman–Crippen LogP) is 1.39. The van der Waals surface area contributed by atoms with Crippen molar-refractivity contribution in [1.29, 1.82) is 0 Å². The molecule has 3 heterocycles. The predicted molar refractivity (Wildman–Crippen MR) is 155 cm³/mol. The van der Waals surface area contributed by atoms with Crippen LogP contribution >= 0.6 is 0 Å². The number of nitrogens with zero attached hydrogens (tertiary/aromatic N) is 4. The molecule has 0 amide bonds. The summed E-state index contributed by atoms with van der Waals surface area (Å²) in [5.41, 5.74) is 5.38. The summed E-state index contributed by atoms with van der Waals surface area (Å²) in [6.45, 7) is 7.75. The lowest BCUT2D eigenvalue weighted by Gasteiger charge is -2.34. The largest absolute Gasteiger partial charge is 0.322 e. The molecule has 0 radical (unpaired) electrons. The van der Waals surface area contributed by atoms with E-state index in [1.165, 1.54) is 21.6 Å². The number of piperazine rings is 1. The lowest BCUT2D eigenvalue weighted by molar-refractivity contribution is -1.03. The normalized spacial score (nSPS) is 18.1. The number of hydrogen-bond acceptors (Lipinski definition) is 4. The summed E-state index contributed by atoms with van der Waals surface area (Å²) in [6, 6.07) is 29.2. The van der Waals surface area contributed by atoms with E-state index in [9.17, 15) is 4.79 Å². The van der Waals surface area contributed by atoms with Crippen molar-refractivity contribution >= 4 is 10.9 Å². The number of rotatable bonds is 9. The van der Waals surface area contributed by atoms with Gasteiger partial charge in [-0.1, -0.05) is 73.7 Å². The summed E-state index contributed by atoms with van der Waals surface area (Å²) in [7, 11) is 0. The Morgan fingerprint density at radius 3 is 2.33 bits per heavy atom. The maximum absolute atomic E-state index is 13.6. The number of H-pyrrole nitrogens is 1. The molecule has 8 heteroatoms. The summed E-state index contributed by atoms with van der Waals surface area (Å²) in [4.78, 5) is 19.7. The molecule has 1 fully saturated rings. The van der Waals surface area contributed by atoms with Crippen LogP contribution in [0, 0.1) is 0 Å². The third kappa shape index (κ3) is 5.73. The van der Waals surface area contributed by atoms with E-state index < -0.39 is 0 Å². The second-order valence-electron chi connectivity index (χ2n) is 10.8. The van der Waals surface area contributed by atoms with E-state index in [4.69, 9.17) is 0 Å². The zero-order valence-electron chi connectivity index (χ0n) is 23.0. The van der Waals surface area contributed by atoms with Crippen LogP contribution in [0.5, 0.6) is 0 Å². The quantitative estimate of drug-likeness (QED) is 0.266. The van der Waals surface area contributed by atoms with Gasteiger partial charge in [-0.15, -0.1) is 5.10 Å². The third-order valence-corrected chi connectivity index (χ3v) is 8.23. The van der Waals surface area contributed by atoms with Crippen molar-refractivity contribution in [3.63, 3.8) is 0 Å². The van der Waals surface area contributed by atoms with Gasteiger partial charge < -0.3 is 14.8 Å². The fourth-order valence-corrected chi connectivity index (χ4v) is 5.98. The first-order valence-corrected chi connectivity index (χ1v) is 14.4.